The van der Waals surface area contributed by atoms with Gasteiger partial charge in [0.25, 0.3) is 0 Å². The van der Waals surface area contributed by atoms with Gasteiger partial charge in [-0.3, -0.25) is 10.9 Å². The van der Waals surface area contributed by atoms with Gasteiger partial charge >= 0.3 is 6.03 Å². The standard InChI is InChI=1S/C22H35FN4O2/c1-4-13-27(22(28)24-3)14-7-5-6-12-25-26-17(2)19-10-11-20(23)21(15-19)29-16-18-8-9-18/h4,10-11,15,17-18,25-26H,1,5-9,12-14,16H2,2-3H3,(H,24,28). The molecule has 7 heteroatoms. The Bertz CT molecular complexity index is 652. The molecule has 0 radical (unpaired) electrons. The van der Waals surface area contributed by atoms with E-state index in [1.165, 1.54) is 18.9 Å². The van der Waals surface area contributed by atoms with E-state index in [1.54, 1.807) is 30.2 Å². The fraction of sp³-hybridized carbons (Fsp3) is 0.591. The second kappa shape index (κ2) is 12.4. The minimum atomic E-state index is -0.309. The van der Waals surface area contributed by atoms with Gasteiger partial charge in [0.2, 0.25) is 0 Å². The predicted molar refractivity (Wildman–Crippen MR) is 114 cm³/mol. The maximum Gasteiger partial charge on any atom is 0.317 e. The number of rotatable bonds is 14. The first kappa shape index (κ1) is 23.2. The summed E-state index contributed by atoms with van der Waals surface area (Å²) in [6.07, 6.45) is 7.05. The van der Waals surface area contributed by atoms with Crippen LogP contribution in [0.1, 0.15) is 50.6 Å². The van der Waals surface area contributed by atoms with Crippen molar-refractivity contribution in [3.63, 3.8) is 0 Å². The summed E-state index contributed by atoms with van der Waals surface area (Å²) in [5.41, 5.74) is 7.47. The molecule has 0 aliphatic heterocycles. The third-order valence-electron chi connectivity index (χ3n) is 5.03. The lowest BCUT2D eigenvalue weighted by molar-refractivity contribution is 0.204. The van der Waals surface area contributed by atoms with E-state index in [4.69, 9.17) is 4.74 Å². The molecule has 2 amide bonds. The van der Waals surface area contributed by atoms with Gasteiger partial charge in [-0.25, -0.2) is 9.18 Å². The third-order valence-corrected chi connectivity index (χ3v) is 5.03. The number of nitrogens with zero attached hydrogens (tertiary/aromatic N) is 1. The first-order chi connectivity index (χ1) is 14.0. The Morgan fingerprint density at radius 1 is 1.38 bits per heavy atom. The topological polar surface area (TPSA) is 65.6 Å². The maximum absolute atomic E-state index is 13.9. The zero-order valence-corrected chi connectivity index (χ0v) is 17.7. The number of ether oxygens (including phenoxy) is 1. The summed E-state index contributed by atoms with van der Waals surface area (Å²) in [6, 6.07) is 5.00. The molecule has 1 unspecified atom stereocenters. The minimum absolute atomic E-state index is 0.0372. The van der Waals surface area contributed by atoms with E-state index >= 15 is 0 Å². The molecule has 0 bridgehead atoms. The number of nitrogens with one attached hydrogen (secondary N) is 3. The number of halogens is 1. The van der Waals surface area contributed by atoms with Crippen molar-refractivity contribution in [2.75, 3.05) is 33.3 Å². The van der Waals surface area contributed by atoms with Crippen molar-refractivity contribution >= 4 is 6.03 Å². The number of amides is 2. The van der Waals surface area contributed by atoms with Gasteiger partial charge < -0.3 is 15.0 Å². The number of carbonyl (C=O) groups is 1. The predicted octanol–water partition coefficient (Wildman–Crippen LogP) is 3.77. The molecule has 0 heterocycles. The summed E-state index contributed by atoms with van der Waals surface area (Å²) < 4.78 is 19.5. The van der Waals surface area contributed by atoms with Crippen LogP contribution in [-0.2, 0) is 0 Å². The van der Waals surface area contributed by atoms with Crippen molar-refractivity contribution in [2.45, 2.75) is 45.1 Å². The lowest BCUT2D eigenvalue weighted by Gasteiger charge is -2.20. The van der Waals surface area contributed by atoms with E-state index in [0.717, 1.165) is 37.9 Å². The molecule has 3 N–H and O–H groups in total. The van der Waals surface area contributed by atoms with Gasteiger partial charge in [-0.2, -0.15) is 0 Å². The number of urea groups is 1. The lowest BCUT2D eigenvalue weighted by atomic mass is 10.1. The average molecular weight is 407 g/mol. The molecular weight excluding hydrogens is 371 g/mol. The first-order valence-electron chi connectivity index (χ1n) is 10.5. The maximum atomic E-state index is 13.9. The number of hydrazine groups is 1. The van der Waals surface area contributed by atoms with Crippen LogP contribution < -0.4 is 20.9 Å². The van der Waals surface area contributed by atoms with E-state index in [1.807, 2.05) is 6.92 Å². The Balaban J connectivity index is 1.62. The van der Waals surface area contributed by atoms with Crippen LogP contribution in [-0.4, -0.2) is 44.2 Å². The molecule has 1 aromatic rings. The van der Waals surface area contributed by atoms with Crippen molar-refractivity contribution < 1.29 is 13.9 Å². The van der Waals surface area contributed by atoms with E-state index in [0.29, 0.717) is 24.8 Å². The quantitative estimate of drug-likeness (QED) is 0.250. The van der Waals surface area contributed by atoms with Crippen LogP contribution in [0.25, 0.3) is 0 Å². The van der Waals surface area contributed by atoms with Gasteiger partial charge in [-0.05, 0) is 56.2 Å². The number of benzene rings is 1. The molecule has 0 saturated heterocycles. The highest BCUT2D eigenvalue weighted by Gasteiger charge is 2.22. The van der Waals surface area contributed by atoms with E-state index < -0.39 is 0 Å². The number of hydrogen-bond donors (Lipinski definition) is 3. The summed E-state index contributed by atoms with van der Waals surface area (Å²) in [7, 11) is 1.64. The van der Waals surface area contributed by atoms with E-state index in [2.05, 4.69) is 22.7 Å². The van der Waals surface area contributed by atoms with Crippen molar-refractivity contribution in [3.8, 4) is 5.75 Å². The zero-order chi connectivity index (χ0) is 21.1. The van der Waals surface area contributed by atoms with E-state index in [-0.39, 0.29) is 17.9 Å². The highest BCUT2D eigenvalue weighted by Crippen LogP contribution is 2.31. The fourth-order valence-corrected chi connectivity index (χ4v) is 2.98. The van der Waals surface area contributed by atoms with Crippen LogP contribution in [0.3, 0.4) is 0 Å². The third kappa shape index (κ3) is 8.41. The monoisotopic (exact) mass is 406 g/mol. The highest BCUT2D eigenvalue weighted by molar-refractivity contribution is 5.73. The van der Waals surface area contributed by atoms with Gasteiger partial charge in [-0.1, -0.05) is 18.6 Å². The molecule has 1 saturated carbocycles. The largest absolute Gasteiger partial charge is 0.490 e. The second-order valence-corrected chi connectivity index (χ2v) is 7.59. The van der Waals surface area contributed by atoms with Gasteiger partial charge in [0.1, 0.15) is 0 Å². The number of hydrogen-bond acceptors (Lipinski definition) is 4. The Labute approximate surface area is 173 Å². The van der Waals surface area contributed by atoms with Crippen LogP contribution in [0.2, 0.25) is 0 Å². The number of carbonyl (C=O) groups excluding carboxylic acids is 1. The molecule has 1 fully saturated rings. The first-order valence-corrected chi connectivity index (χ1v) is 10.5. The van der Waals surface area contributed by atoms with Crippen molar-refractivity contribution in [2.24, 2.45) is 5.92 Å². The normalized spacial score (nSPS) is 14.3. The molecule has 6 nitrogen and oxygen atoms in total. The summed E-state index contributed by atoms with van der Waals surface area (Å²) in [4.78, 5) is 13.5. The second-order valence-electron chi connectivity index (χ2n) is 7.59. The Morgan fingerprint density at radius 2 is 2.17 bits per heavy atom. The van der Waals surface area contributed by atoms with Crippen molar-refractivity contribution in [3.05, 3.63) is 42.2 Å². The van der Waals surface area contributed by atoms with Crippen LogP contribution >= 0.6 is 0 Å². The summed E-state index contributed by atoms with van der Waals surface area (Å²) in [6.45, 7) is 8.41. The van der Waals surface area contributed by atoms with Crippen molar-refractivity contribution in [1.29, 1.82) is 0 Å². The molecule has 1 atom stereocenters. The number of unbranched alkanes of at least 4 members (excludes halogenated alkanes) is 2. The van der Waals surface area contributed by atoms with Gasteiger partial charge in [0.15, 0.2) is 11.6 Å². The van der Waals surface area contributed by atoms with Crippen LogP contribution in [0.5, 0.6) is 5.75 Å². The van der Waals surface area contributed by atoms with E-state index in [9.17, 15) is 9.18 Å². The smallest absolute Gasteiger partial charge is 0.317 e. The Hall–Kier alpha value is -2.12. The summed E-state index contributed by atoms with van der Waals surface area (Å²) in [5.74, 6) is 0.621. The van der Waals surface area contributed by atoms with Gasteiger partial charge in [-0.15, -0.1) is 6.58 Å². The Kier molecular flexibility index (Phi) is 9.94. The van der Waals surface area contributed by atoms with Crippen LogP contribution in [0.4, 0.5) is 9.18 Å². The van der Waals surface area contributed by atoms with Crippen molar-refractivity contribution in [1.82, 2.24) is 21.1 Å². The van der Waals surface area contributed by atoms with Gasteiger partial charge in [0.05, 0.1) is 6.61 Å². The molecule has 0 aromatic heterocycles. The summed E-state index contributed by atoms with van der Waals surface area (Å²) >= 11 is 0. The Morgan fingerprint density at radius 3 is 2.86 bits per heavy atom. The zero-order valence-electron chi connectivity index (χ0n) is 17.7. The fourth-order valence-electron chi connectivity index (χ4n) is 2.98. The molecular formula is C22H35FN4O2. The summed E-state index contributed by atoms with van der Waals surface area (Å²) in [5, 5.41) is 2.65. The molecule has 162 valence electrons. The lowest BCUT2D eigenvalue weighted by Crippen LogP contribution is -2.38. The van der Waals surface area contributed by atoms with Crippen LogP contribution in [0.15, 0.2) is 30.9 Å². The average Bonchev–Trinajstić information content (AvgIpc) is 3.55. The van der Waals surface area contributed by atoms with Crippen LogP contribution in [0, 0.1) is 11.7 Å². The SMILES string of the molecule is C=CCN(CCCCCNNC(C)c1ccc(F)c(OCC2CC2)c1)C(=O)NC. The molecule has 1 aliphatic carbocycles. The van der Waals surface area contributed by atoms with Gasteiger partial charge in [0, 0.05) is 32.7 Å². The molecule has 2 rings (SSSR count). The minimum Gasteiger partial charge on any atom is -0.490 e. The molecule has 29 heavy (non-hydrogen) atoms. The molecule has 1 aliphatic rings. The molecule has 1 aromatic carbocycles. The highest BCUT2D eigenvalue weighted by atomic mass is 19.1. The molecule has 0 spiro atoms.